The molecule has 10 heteroatoms. The molecule has 0 aromatic carbocycles. The number of rotatable bonds is 47. The molecule has 380 valence electrons. The van der Waals surface area contributed by atoms with Crippen LogP contribution in [0.1, 0.15) is 206 Å². The molecule has 0 saturated carbocycles. The maximum Gasteiger partial charge on any atom is 0.472 e. The summed E-state index contributed by atoms with van der Waals surface area (Å²) in [7, 11) is 1.46. The quantitative estimate of drug-likeness (QED) is 0.0211. The Kier molecular flexibility index (Phi) is 45.3. The van der Waals surface area contributed by atoms with E-state index in [4.69, 9.17) is 18.5 Å². The zero-order valence-corrected chi connectivity index (χ0v) is 43.8. The Morgan fingerprint density at radius 3 is 1.30 bits per heavy atom. The summed E-state index contributed by atoms with van der Waals surface area (Å²) in [6, 6.07) is 0. The monoisotopic (exact) mass is 945 g/mol. The zero-order valence-electron chi connectivity index (χ0n) is 42.9. The Hall–Kier alpha value is -2.81. The number of hydrogen-bond acceptors (Lipinski definition) is 7. The summed E-state index contributed by atoms with van der Waals surface area (Å²) in [6.07, 6.45) is 62.2. The lowest BCUT2D eigenvalue weighted by atomic mass is 10.0. The van der Waals surface area contributed by atoms with E-state index in [1.54, 1.807) is 0 Å². The van der Waals surface area contributed by atoms with E-state index in [0.717, 1.165) is 103 Å². The molecule has 1 N–H and O–H groups in total. The Morgan fingerprint density at radius 1 is 0.485 bits per heavy atom. The van der Waals surface area contributed by atoms with Gasteiger partial charge in [-0.1, -0.05) is 195 Å². The van der Waals surface area contributed by atoms with Gasteiger partial charge in [-0.2, -0.15) is 0 Å². The van der Waals surface area contributed by atoms with E-state index >= 15 is 0 Å². The number of phosphoric acid groups is 1. The van der Waals surface area contributed by atoms with Crippen LogP contribution >= 0.6 is 7.82 Å². The molecule has 0 heterocycles. The van der Waals surface area contributed by atoms with Crippen molar-refractivity contribution in [2.75, 3.05) is 47.5 Å². The fraction of sp³-hybridized carbons (Fsp3) is 0.714. The van der Waals surface area contributed by atoms with Gasteiger partial charge in [0.2, 0.25) is 0 Å². The van der Waals surface area contributed by atoms with Crippen molar-refractivity contribution < 1.29 is 42.1 Å². The van der Waals surface area contributed by atoms with Gasteiger partial charge in [-0.05, 0) is 83.5 Å². The van der Waals surface area contributed by atoms with Crippen LogP contribution in [0.4, 0.5) is 0 Å². The molecule has 0 saturated heterocycles. The van der Waals surface area contributed by atoms with Gasteiger partial charge in [-0.25, -0.2) is 4.57 Å². The minimum absolute atomic E-state index is 0.0270. The number of phosphoric ester groups is 1. The van der Waals surface area contributed by atoms with E-state index in [0.29, 0.717) is 17.4 Å². The van der Waals surface area contributed by atoms with Gasteiger partial charge in [0.15, 0.2) is 6.10 Å². The van der Waals surface area contributed by atoms with Gasteiger partial charge in [0.05, 0.1) is 27.7 Å². The smallest absolute Gasteiger partial charge is 0.462 e. The van der Waals surface area contributed by atoms with E-state index < -0.39 is 26.5 Å². The number of likely N-dealkylation sites (N-methyl/N-ethyl adjacent to an activating group) is 1. The molecule has 0 rings (SSSR count). The normalized spacial score (nSPS) is 14.1. The van der Waals surface area contributed by atoms with Gasteiger partial charge >= 0.3 is 19.8 Å². The summed E-state index contributed by atoms with van der Waals surface area (Å²) >= 11 is 0. The van der Waals surface area contributed by atoms with Crippen molar-refractivity contribution in [1.82, 2.24) is 0 Å². The van der Waals surface area contributed by atoms with Crippen molar-refractivity contribution in [2.24, 2.45) is 0 Å². The zero-order chi connectivity index (χ0) is 48.5. The van der Waals surface area contributed by atoms with Gasteiger partial charge in [0.25, 0.3) is 0 Å². The second-order valence-electron chi connectivity index (χ2n) is 18.5. The molecule has 0 aliphatic carbocycles. The van der Waals surface area contributed by atoms with Crippen LogP contribution in [0.5, 0.6) is 0 Å². The lowest BCUT2D eigenvalue weighted by Gasteiger charge is -2.24. The Balaban J connectivity index is 4.12. The first-order valence-corrected chi connectivity index (χ1v) is 27.8. The summed E-state index contributed by atoms with van der Waals surface area (Å²) in [5.41, 5.74) is 0. The summed E-state index contributed by atoms with van der Waals surface area (Å²) in [4.78, 5) is 35.5. The van der Waals surface area contributed by atoms with Crippen molar-refractivity contribution in [2.45, 2.75) is 213 Å². The van der Waals surface area contributed by atoms with E-state index in [1.165, 1.54) is 70.6 Å². The lowest BCUT2D eigenvalue weighted by molar-refractivity contribution is -0.870. The molecule has 9 nitrogen and oxygen atoms in total. The molecule has 0 fully saturated rings. The van der Waals surface area contributed by atoms with Gasteiger partial charge in [0.1, 0.15) is 19.8 Å². The molecule has 0 aliphatic rings. The third-order valence-electron chi connectivity index (χ3n) is 10.9. The van der Waals surface area contributed by atoms with Crippen molar-refractivity contribution in [3.8, 4) is 0 Å². The number of carbonyl (C=O) groups excluding carboxylic acids is 2. The predicted octanol–water partition coefficient (Wildman–Crippen LogP) is 15.9. The first-order chi connectivity index (χ1) is 32.0. The first-order valence-electron chi connectivity index (χ1n) is 26.3. The lowest BCUT2D eigenvalue weighted by Crippen LogP contribution is -2.37. The van der Waals surface area contributed by atoms with Gasteiger partial charge in [-0.3, -0.25) is 18.6 Å². The van der Waals surface area contributed by atoms with Crippen LogP contribution in [0.3, 0.4) is 0 Å². The number of carbonyl (C=O) groups is 2. The predicted molar refractivity (Wildman–Crippen MR) is 279 cm³/mol. The van der Waals surface area contributed by atoms with Crippen molar-refractivity contribution in [3.05, 3.63) is 85.1 Å². The molecule has 2 atom stereocenters. The van der Waals surface area contributed by atoms with Crippen LogP contribution < -0.4 is 0 Å². The van der Waals surface area contributed by atoms with Crippen molar-refractivity contribution >= 4 is 19.8 Å². The molecular weight excluding hydrogens is 846 g/mol. The summed E-state index contributed by atoms with van der Waals surface area (Å²) in [5.74, 6) is -0.815. The second kappa shape index (κ2) is 47.3. The summed E-state index contributed by atoms with van der Waals surface area (Å²) in [5, 5.41) is 0. The molecule has 0 aromatic rings. The average molecular weight is 945 g/mol. The van der Waals surface area contributed by atoms with Crippen LogP contribution in [0.25, 0.3) is 0 Å². The largest absolute Gasteiger partial charge is 0.472 e. The topological polar surface area (TPSA) is 108 Å². The number of ether oxygens (including phenoxy) is 2. The molecule has 66 heavy (non-hydrogen) atoms. The average Bonchev–Trinajstić information content (AvgIpc) is 3.27. The molecule has 0 radical (unpaired) electrons. The summed E-state index contributed by atoms with van der Waals surface area (Å²) in [6.45, 7) is 4.25. The Morgan fingerprint density at radius 2 is 0.864 bits per heavy atom. The second-order valence-corrected chi connectivity index (χ2v) is 20.0. The number of allylic oxidation sites excluding steroid dienone is 14. The fourth-order valence-electron chi connectivity index (χ4n) is 6.82. The van der Waals surface area contributed by atoms with E-state index in [-0.39, 0.29) is 32.0 Å². The van der Waals surface area contributed by atoms with Gasteiger partial charge < -0.3 is 18.9 Å². The minimum Gasteiger partial charge on any atom is -0.462 e. The SMILES string of the molecule is CC/C=C\C/C=C\C/C=C\C/C=C\C/C=C\C/C=C\CCCCCCCCCCCCCCC(=O)OC(COC(=O)CCCCCCC/C=C\CCCC)COP(=O)(O)OCC[N+](C)(C)C. The Bertz CT molecular complexity index is 1390. The number of esters is 2. The molecule has 2 unspecified atom stereocenters. The van der Waals surface area contributed by atoms with Crippen molar-refractivity contribution in [3.63, 3.8) is 0 Å². The molecule has 0 bridgehead atoms. The maximum absolute atomic E-state index is 12.8. The van der Waals surface area contributed by atoms with Crippen LogP contribution in [0.2, 0.25) is 0 Å². The molecule has 0 amide bonds. The minimum atomic E-state index is -4.38. The third kappa shape index (κ3) is 50.6. The van der Waals surface area contributed by atoms with Crippen LogP contribution in [-0.4, -0.2) is 74.9 Å². The van der Waals surface area contributed by atoms with Gasteiger partial charge in [0, 0.05) is 12.8 Å². The molecule has 0 spiro atoms. The molecule has 0 aromatic heterocycles. The number of unbranched alkanes of at least 4 members (excludes halogenated alkanes) is 19. The van der Waals surface area contributed by atoms with Gasteiger partial charge in [-0.15, -0.1) is 0 Å². The summed E-state index contributed by atoms with van der Waals surface area (Å²) < 4.78 is 34.4. The number of nitrogens with zero attached hydrogens (tertiary/aromatic N) is 1. The first kappa shape index (κ1) is 63.2. The van der Waals surface area contributed by atoms with Crippen molar-refractivity contribution in [1.29, 1.82) is 0 Å². The number of hydrogen-bond donors (Lipinski definition) is 1. The van der Waals surface area contributed by atoms with E-state index in [9.17, 15) is 19.0 Å². The van der Waals surface area contributed by atoms with E-state index in [2.05, 4.69) is 98.9 Å². The van der Waals surface area contributed by atoms with Crippen LogP contribution in [0, 0.1) is 0 Å². The highest BCUT2D eigenvalue weighted by Gasteiger charge is 2.27. The maximum atomic E-state index is 12.8. The highest BCUT2D eigenvalue weighted by Crippen LogP contribution is 2.43. The highest BCUT2D eigenvalue weighted by atomic mass is 31.2. The molecular formula is C56H99NO8P+. The van der Waals surface area contributed by atoms with E-state index in [1.807, 2.05) is 21.1 Å². The number of quaternary nitrogens is 1. The Labute approximate surface area is 405 Å². The highest BCUT2D eigenvalue weighted by molar-refractivity contribution is 7.47. The standard InChI is InChI=1S/C56H98NO8P/c1-6-8-10-12-14-16-18-19-20-21-22-23-24-25-26-27-28-29-30-31-32-33-34-35-36-37-39-41-43-45-47-49-56(59)65-54(53-64-66(60,61)63-51-50-57(3,4)5)52-62-55(58)48-46-44-42-40-38-17-15-13-11-9-7-2/h8,10,13-16,19-20,22-23,25-26,28-29,54H,6-7,9,11-12,17-18,21,24,27,30-53H2,1-5H3/p+1/b10-8-,15-13-,16-14-,20-19-,23-22-,26-25-,29-28-. The molecule has 0 aliphatic heterocycles. The fourth-order valence-corrected chi connectivity index (χ4v) is 7.56. The van der Waals surface area contributed by atoms with Crippen LogP contribution in [0.15, 0.2) is 85.1 Å². The third-order valence-corrected chi connectivity index (χ3v) is 11.9. The van der Waals surface area contributed by atoms with Crippen LogP contribution in [-0.2, 0) is 32.7 Å².